The molecule has 8 nitrogen and oxygen atoms in total. The molecular weight excluding hydrogens is 548 g/mol. The zero-order chi connectivity index (χ0) is 30.3. The topological polar surface area (TPSA) is 78.1 Å². The quantitative estimate of drug-likeness (QED) is 0.295. The summed E-state index contributed by atoms with van der Waals surface area (Å²) < 4.78 is 15.3. The second kappa shape index (κ2) is 11.5. The molecule has 2 aromatic carbocycles. The maximum Gasteiger partial charge on any atom is 0.338 e. The van der Waals surface area contributed by atoms with Crippen LogP contribution in [0.5, 0.6) is 5.75 Å². The molecule has 0 N–H and O–H groups in total. The second-order valence-electron chi connectivity index (χ2n) is 10.9. The average molecular weight is 585 g/mol. The number of anilines is 1. The monoisotopic (exact) mass is 584 g/mol. The zero-order valence-corrected chi connectivity index (χ0v) is 26.1. The predicted molar refractivity (Wildman–Crippen MR) is 168 cm³/mol. The van der Waals surface area contributed by atoms with Crippen LogP contribution >= 0.6 is 11.3 Å². The number of benzene rings is 2. The van der Waals surface area contributed by atoms with Crippen molar-refractivity contribution in [3.8, 4) is 11.4 Å². The zero-order valence-electron chi connectivity index (χ0n) is 25.3. The van der Waals surface area contributed by atoms with E-state index >= 15 is 0 Å². The van der Waals surface area contributed by atoms with Gasteiger partial charge in [0, 0.05) is 36.9 Å². The Morgan fingerprint density at radius 2 is 1.71 bits per heavy atom. The van der Waals surface area contributed by atoms with Crippen LogP contribution in [0.15, 0.2) is 75.7 Å². The number of carbonyl (C=O) groups excluding carboxylic acids is 1. The molecule has 0 saturated heterocycles. The van der Waals surface area contributed by atoms with Gasteiger partial charge in [0.25, 0.3) is 5.56 Å². The van der Waals surface area contributed by atoms with E-state index in [4.69, 9.17) is 14.5 Å². The van der Waals surface area contributed by atoms with E-state index < -0.39 is 12.0 Å². The Balaban J connectivity index is 1.65. The molecule has 9 heteroatoms. The van der Waals surface area contributed by atoms with Crippen molar-refractivity contribution >= 4 is 29.1 Å². The molecule has 0 radical (unpaired) electrons. The number of aromatic nitrogens is 2. The Morgan fingerprint density at radius 3 is 2.31 bits per heavy atom. The molecular formula is C33H36N4O4S. The first-order chi connectivity index (χ1) is 20.0. The lowest BCUT2D eigenvalue weighted by atomic mass is 9.96. The van der Waals surface area contributed by atoms with Gasteiger partial charge in [0.1, 0.15) is 5.75 Å². The van der Waals surface area contributed by atoms with E-state index in [-0.39, 0.29) is 11.7 Å². The highest BCUT2D eigenvalue weighted by Crippen LogP contribution is 2.32. The van der Waals surface area contributed by atoms with Gasteiger partial charge in [-0.2, -0.15) is 0 Å². The molecule has 42 heavy (non-hydrogen) atoms. The third-order valence-electron chi connectivity index (χ3n) is 7.40. The summed E-state index contributed by atoms with van der Waals surface area (Å²) in [4.78, 5) is 34.7. The van der Waals surface area contributed by atoms with E-state index in [1.807, 2.05) is 44.4 Å². The molecule has 0 unspecified atom stereocenters. The minimum atomic E-state index is -0.678. The van der Waals surface area contributed by atoms with E-state index in [1.54, 1.807) is 32.4 Å². The number of hydrogen-bond acceptors (Lipinski definition) is 7. The van der Waals surface area contributed by atoms with Crippen LogP contribution in [0.3, 0.4) is 0 Å². The van der Waals surface area contributed by atoms with Crippen LogP contribution < -0.4 is 24.5 Å². The van der Waals surface area contributed by atoms with E-state index in [9.17, 15) is 9.59 Å². The van der Waals surface area contributed by atoms with Crippen molar-refractivity contribution in [2.24, 2.45) is 4.99 Å². The van der Waals surface area contributed by atoms with Gasteiger partial charge in [0.2, 0.25) is 0 Å². The van der Waals surface area contributed by atoms with E-state index in [1.165, 1.54) is 11.3 Å². The van der Waals surface area contributed by atoms with Gasteiger partial charge in [0.05, 0.1) is 35.1 Å². The highest BCUT2D eigenvalue weighted by molar-refractivity contribution is 7.07. The fraction of sp³-hybridized carbons (Fsp3) is 0.303. The first-order valence-electron chi connectivity index (χ1n) is 13.8. The van der Waals surface area contributed by atoms with Crippen LogP contribution in [0.25, 0.3) is 11.8 Å². The number of nitrogens with zero attached hydrogens (tertiary/aromatic N) is 4. The summed E-state index contributed by atoms with van der Waals surface area (Å²) in [5.74, 6) is 0.204. The third-order valence-corrected chi connectivity index (χ3v) is 8.38. The number of fused-ring (bicyclic) bond motifs is 1. The average Bonchev–Trinajstić information content (AvgIpc) is 3.41. The largest absolute Gasteiger partial charge is 0.497 e. The van der Waals surface area contributed by atoms with Gasteiger partial charge in [-0.15, -0.1) is 0 Å². The summed E-state index contributed by atoms with van der Waals surface area (Å²) >= 11 is 1.32. The fourth-order valence-electron chi connectivity index (χ4n) is 5.33. The summed E-state index contributed by atoms with van der Waals surface area (Å²) in [6, 6.07) is 17.2. The Labute approximate surface area is 249 Å². The number of ether oxygens (including phenoxy) is 2. The Morgan fingerprint density at radius 1 is 1.05 bits per heavy atom. The van der Waals surface area contributed by atoms with Crippen molar-refractivity contribution in [3.63, 3.8) is 0 Å². The SMILES string of the molecule is COc1ccc([C@@H]2C(C(=O)OC(C)C)=C(C)N=c3s/c(=C/c4cc(C)n(-c5ccc(N(C)C)cc5)c4C)c(=O)n32)cc1. The minimum absolute atomic E-state index is 0.206. The van der Waals surface area contributed by atoms with Gasteiger partial charge < -0.3 is 18.9 Å². The molecule has 0 aliphatic carbocycles. The third kappa shape index (κ3) is 5.32. The van der Waals surface area contributed by atoms with E-state index in [0.717, 1.165) is 33.9 Å². The number of esters is 1. The fourth-order valence-corrected chi connectivity index (χ4v) is 6.37. The first kappa shape index (κ1) is 29.1. The number of methoxy groups -OCH3 is 1. The van der Waals surface area contributed by atoms with Crippen LogP contribution in [0.4, 0.5) is 5.69 Å². The van der Waals surface area contributed by atoms with Crippen LogP contribution in [-0.4, -0.2) is 42.4 Å². The van der Waals surface area contributed by atoms with E-state index in [0.29, 0.717) is 26.4 Å². The molecule has 5 rings (SSSR count). The number of aryl methyl sites for hydroxylation is 1. The van der Waals surface area contributed by atoms with Crippen LogP contribution in [0, 0.1) is 13.8 Å². The van der Waals surface area contributed by atoms with Gasteiger partial charge in [-0.25, -0.2) is 9.79 Å². The molecule has 0 fully saturated rings. The lowest BCUT2D eigenvalue weighted by molar-refractivity contribution is -0.143. The number of allylic oxidation sites excluding steroid dienone is 1. The predicted octanol–water partition coefficient (Wildman–Crippen LogP) is 4.67. The summed E-state index contributed by atoms with van der Waals surface area (Å²) in [5.41, 5.74) is 6.68. The molecule has 0 bridgehead atoms. The molecule has 218 valence electrons. The Kier molecular flexibility index (Phi) is 7.97. The molecule has 0 amide bonds. The highest BCUT2D eigenvalue weighted by Gasteiger charge is 2.33. The molecule has 0 spiro atoms. The number of thiazole rings is 1. The lowest BCUT2D eigenvalue weighted by Crippen LogP contribution is -2.40. The normalized spacial score (nSPS) is 15.1. The number of rotatable bonds is 7. The van der Waals surface area contributed by atoms with Crippen LogP contribution in [-0.2, 0) is 9.53 Å². The van der Waals surface area contributed by atoms with Gasteiger partial charge in [-0.3, -0.25) is 9.36 Å². The van der Waals surface area contributed by atoms with Crippen molar-refractivity contribution in [1.82, 2.24) is 9.13 Å². The maximum absolute atomic E-state index is 14.1. The summed E-state index contributed by atoms with van der Waals surface area (Å²) in [6.07, 6.45) is 1.61. The lowest BCUT2D eigenvalue weighted by Gasteiger charge is -2.25. The first-order valence-corrected chi connectivity index (χ1v) is 14.7. The molecule has 0 saturated carbocycles. The highest BCUT2D eigenvalue weighted by atomic mass is 32.1. The van der Waals surface area contributed by atoms with Gasteiger partial charge in [-0.05, 0) is 94.3 Å². The standard InChI is InChI=1S/C33H36N4O4S/c1-19(2)41-32(39)29-21(4)34-33-37(30(29)23-9-15-27(40-8)16-10-23)31(38)28(42-33)18-24-17-20(3)36(22(24)5)26-13-11-25(12-14-26)35(6)7/h9-19,30H,1-8H3/b28-18+/t30-/m1/s1. The van der Waals surface area contributed by atoms with Crippen molar-refractivity contribution < 1.29 is 14.3 Å². The smallest absolute Gasteiger partial charge is 0.338 e. The van der Waals surface area contributed by atoms with Crippen molar-refractivity contribution in [3.05, 3.63) is 108 Å². The van der Waals surface area contributed by atoms with Gasteiger partial charge >= 0.3 is 5.97 Å². The molecule has 3 heterocycles. The van der Waals surface area contributed by atoms with Crippen molar-refractivity contribution in [2.75, 3.05) is 26.1 Å². The number of hydrogen-bond donors (Lipinski definition) is 0. The van der Waals surface area contributed by atoms with Crippen molar-refractivity contribution in [2.45, 2.75) is 46.8 Å². The minimum Gasteiger partial charge on any atom is -0.497 e. The summed E-state index contributed by atoms with van der Waals surface area (Å²) in [7, 11) is 5.64. The van der Waals surface area contributed by atoms with E-state index in [2.05, 4.69) is 53.6 Å². The van der Waals surface area contributed by atoms with Crippen molar-refractivity contribution in [1.29, 1.82) is 0 Å². The summed E-state index contributed by atoms with van der Waals surface area (Å²) in [5, 5.41) is 0. The van der Waals surface area contributed by atoms with Gasteiger partial charge in [-0.1, -0.05) is 23.5 Å². The molecule has 2 aromatic heterocycles. The molecule has 4 aromatic rings. The molecule has 1 aliphatic heterocycles. The second-order valence-corrected chi connectivity index (χ2v) is 11.9. The molecule has 1 atom stereocenters. The van der Waals surface area contributed by atoms with Crippen LogP contribution in [0.1, 0.15) is 49.3 Å². The summed E-state index contributed by atoms with van der Waals surface area (Å²) in [6.45, 7) is 9.52. The van der Waals surface area contributed by atoms with Gasteiger partial charge in [0.15, 0.2) is 4.80 Å². The maximum atomic E-state index is 14.1. The Bertz CT molecular complexity index is 1860. The Hall–Kier alpha value is -4.37. The number of carbonyl (C=O) groups is 1. The van der Waals surface area contributed by atoms with Crippen LogP contribution in [0.2, 0.25) is 0 Å². The molecule has 1 aliphatic rings.